The molecule has 158 valence electrons. The highest BCUT2D eigenvalue weighted by Crippen LogP contribution is 2.25. The van der Waals surface area contributed by atoms with Crippen LogP contribution in [0.25, 0.3) is 11.8 Å². The number of benzene rings is 2. The van der Waals surface area contributed by atoms with E-state index in [1.165, 1.54) is 0 Å². The predicted octanol–water partition coefficient (Wildman–Crippen LogP) is 6.00. The van der Waals surface area contributed by atoms with Crippen molar-refractivity contribution in [2.75, 3.05) is 11.9 Å². The van der Waals surface area contributed by atoms with Crippen molar-refractivity contribution in [2.24, 2.45) is 0 Å². The van der Waals surface area contributed by atoms with Crippen LogP contribution >= 0.6 is 11.6 Å². The molecular weight excluding hydrogens is 410 g/mol. The minimum atomic E-state index is -0.478. The van der Waals surface area contributed by atoms with Gasteiger partial charge in [-0.15, -0.1) is 0 Å². The summed E-state index contributed by atoms with van der Waals surface area (Å²) in [6.45, 7) is 8.39. The number of hydrogen-bond acceptors (Lipinski definition) is 3. The van der Waals surface area contributed by atoms with Crippen molar-refractivity contribution >= 4 is 29.3 Å². The first-order valence-corrected chi connectivity index (χ1v) is 10.3. The molecule has 0 atom stereocenters. The minimum Gasteiger partial charge on any atom is -0.494 e. The molecule has 0 fully saturated rings. The highest BCUT2D eigenvalue weighted by molar-refractivity contribution is 6.31. The molecule has 1 heterocycles. The van der Waals surface area contributed by atoms with E-state index < -0.39 is 5.91 Å². The first-order chi connectivity index (χ1) is 14.8. The molecule has 1 amide bonds. The van der Waals surface area contributed by atoms with Gasteiger partial charge in [0.25, 0.3) is 5.91 Å². The highest BCUT2D eigenvalue weighted by atomic mass is 35.5. The summed E-state index contributed by atoms with van der Waals surface area (Å²) in [5.74, 6) is 0.335. The zero-order chi connectivity index (χ0) is 22.5. The summed E-state index contributed by atoms with van der Waals surface area (Å²) in [5.41, 5.74) is 5.19. The third kappa shape index (κ3) is 4.99. The lowest BCUT2D eigenvalue weighted by Gasteiger charge is -2.11. The number of amides is 1. The third-order valence-corrected chi connectivity index (χ3v) is 5.38. The summed E-state index contributed by atoms with van der Waals surface area (Å²) in [6.07, 6.45) is 1.61. The largest absolute Gasteiger partial charge is 0.494 e. The lowest BCUT2D eigenvalue weighted by molar-refractivity contribution is -0.112. The Balaban J connectivity index is 1.89. The summed E-state index contributed by atoms with van der Waals surface area (Å²) in [5, 5.41) is 12.9. The molecule has 0 unspecified atom stereocenters. The van der Waals surface area contributed by atoms with Crippen molar-refractivity contribution in [3.05, 3.63) is 81.6 Å². The Hall–Kier alpha value is -3.49. The SMILES string of the molecule is CCOc1ccc(-n2c(C)cc(/C=C(\C#N)C(=O)Nc3ccc(C)c(Cl)c3)c2C)cc1. The molecule has 6 heteroatoms. The van der Waals surface area contributed by atoms with Crippen molar-refractivity contribution in [1.82, 2.24) is 4.57 Å². The summed E-state index contributed by atoms with van der Waals surface area (Å²) >= 11 is 6.13. The zero-order valence-electron chi connectivity index (χ0n) is 18.0. The Labute approximate surface area is 187 Å². The number of nitrogens with one attached hydrogen (secondary N) is 1. The lowest BCUT2D eigenvalue weighted by atomic mass is 10.1. The Morgan fingerprint density at radius 3 is 2.48 bits per heavy atom. The molecule has 3 rings (SSSR count). The van der Waals surface area contributed by atoms with E-state index in [0.717, 1.165) is 34.0 Å². The van der Waals surface area contributed by atoms with Crippen LogP contribution in [-0.4, -0.2) is 17.1 Å². The van der Waals surface area contributed by atoms with Gasteiger partial charge in [0.2, 0.25) is 0 Å². The molecule has 3 aromatic rings. The standard InChI is InChI=1S/C25H24ClN3O2/c1-5-31-23-10-8-22(9-11-23)29-17(3)12-19(18(29)4)13-20(15-27)25(30)28-21-7-6-16(2)24(26)14-21/h6-14H,5H2,1-4H3,(H,28,30)/b20-13+. The smallest absolute Gasteiger partial charge is 0.266 e. The molecule has 0 aliphatic rings. The number of rotatable bonds is 6. The number of carbonyl (C=O) groups excluding carboxylic acids is 1. The van der Waals surface area contributed by atoms with Crippen LogP contribution < -0.4 is 10.1 Å². The molecule has 0 aliphatic carbocycles. The van der Waals surface area contributed by atoms with Crippen LogP contribution in [0.1, 0.15) is 29.4 Å². The molecule has 5 nitrogen and oxygen atoms in total. The van der Waals surface area contributed by atoms with Crippen molar-refractivity contribution in [1.29, 1.82) is 5.26 Å². The molecule has 0 radical (unpaired) electrons. The van der Waals surface area contributed by atoms with Gasteiger partial charge in [0.05, 0.1) is 6.61 Å². The summed E-state index contributed by atoms with van der Waals surface area (Å²) in [4.78, 5) is 12.7. The maximum atomic E-state index is 12.7. The van der Waals surface area contributed by atoms with Gasteiger partial charge in [-0.1, -0.05) is 17.7 Å². The summed E-state index contributed by atoms with van der Waals surface area (Å²) in [7, 11) is 0. The Bertz CT molecular complexity index is 1180. The minimum absolute atomic E-state index is 0.0173. The quantitative estimate of drug-likeness (QED) is 0.383. The Kier molecular flexibility index (Phi) is 6.84. The van der Waals surface area contributed by atoms with Gasteiger partial charge < -0.3 is 14.6 Å². The van der Waals surface area contributed by atoms with Crippen LogP contribution in [0.4, 0.5) is 5.69 Å². The topological polar surface area (TPSA) is 67.0 Å². The van der Waals surface area contributed by atoms with E-state index in [-0.39, 0.29) is 5.57 Å². The summed E-state index contributed by atoms with van der Waals surface area (Å²) < 4.78 is 7.59. The fourth-order valence-electron chi connectivity index (χ4n) is 3.36. The van der Waals surface area contributed by atoms with Crippen molar-refractivity contribution < 1.29 is 9.53 Å². The van der Waals surface area contributed by atoms with Crippen molar-refractivity contribution in [2.45, 2.75) is 27.7 Å². The van der Waals surface area contributed by atoms with Crippen molar-refractivity contribution in [3.8, 4) is 17.5 Å². The number of hydrogen-bond donors (Lipinski definition) is 1. The highest BCUT2D eigenvalue weighted by Gasteiger charge is 2.14. The normalized spacial score (nSPS) is 11.2. The summed E-state index contributed by atoms with van der Waals surface area (Å²) in [6, 6.07) is 17.0. The second-order valence-electron chi connectivity index (χ2n) is 7.18. The average molecular weight is 434 g/mol. The molecule has 1 N–H and O–H groups in total. The maximum absolute atomic E-state index is 12.7. The van der Waals surface area contributed by atoms with Gasteiger partial charge in [-0.05, 0) is 87.4 Å². The number of nitrogens with zero attached hydrogens (tertiary/aromatic N) is 2. The molecule has 0 saturated heterocycles. The van der Waals surface area contributed by atoms with E-state index in [1.807, 2.05) is 70.2 Å². The van der Waals surface area contributed by atoms with E-state index in [2.05, 4.69) is 9.88 Å². The number of aromatic nitrogens is 1. The van der Waals surface area contributed by atoms with E-state index in [1.54, 1.807) is 18.2 Å². The van der Waals surface area contributed by atoms with Gasteiger partial charge in [0.1, 0.15) is 17.4 Å². The van der Waals surface area contributed by atoms with Gasteiger partial charge in [-0.3, -0.25) is 4.79 Å². The molecule has 0 spiro atoms. The van der Waals surface area contributed by atoms with E-state index in [9.17, 15) is 10.1 Å². The fraction of sp³-hybridized carbons (Fsp3) is 0.200. The van der Waals surface area contributed by atoms with Crippen LogP contribution in [0.2, 0.25) is 5.02 Å². The fourth-order valence-corrected chi connectivity index (χ4v) is 3.54. The average Bonchev–Trinajstić information content (AvgIpc) is 3.02. The monoisotopic (exact) mass is 433 g/mol. The van der Waals surface area contributed by atoms with Gasteiger partial charge in [0.15, 0.2) is 0 Å². The lowest BCUT2D eigenvalue weighted by Crippen LogP contribution is -2.13. The number of ether oxygens (including phenoxy) is 1. The first kappa shape index (κ1) is 22.2. The second kappa shape index (κ2) is 9.55. The zero-order valence-corrected chi connectivity index (χ0v) is 18.7. The number of nitriles is 1. The second-order valence-corrected chi connectivity index (χ2v) is 7.58. The first-order valence-electron chi connectivity index (χ1n) is 9.95. The number of aryl methyl sites for hydroxylation is 2. The van der Waals surface area contributed by atoms with Crippen LogP contribution in [0.5, 0.6) is 5.75 Å². The van der Waals surface area contributed by atoms with E-state index in [0.29, 0.717) is 17.3 Å². The molecule has 0 aliphatic heterocycles. The maximum Gasteiger partial charge on any atom is 0.266 e. The van der Waals surface area contributed by atoms with Crippen LogP contribution in [0.15, 0.2) is 54.1 Å². The van der Waals surface area contributed by atoms with Gasteiger partial charge in [-0.25, -0.2) is 0 Å². The van der Waals surface area contributed by atoms with Crippen LogP contribution in [0.3, 0.4) is 0 Å². The molecule has 0 bridgehead atoms. The Morgan fingerprint density at radius 1 is 1.16 bits per heavy atom. The van der Waals surface area contributed by atoms with Crippen LogP contribution in [-0.2, 0) is 4.79 Å². The molecular formula is C25H24ClN3O2. The predicted molar refractivity (Wildman–Crippen MR) is 125 cm³/mol. The van der Waals surface area contributed by atoms with Gasteiger partial charge in [-0.2, -0.15) is 5.26 Å². The third-order valence-electron chi connectivity index (χ3n) is 4.97. The van der Waals surface area contributed by atoms with Gasteiger partial charge in [0, 0.05) is 27.8 Å². The van der Waals surface area contributed by atoms with Crippen molar-refractivity contribution in [3.63, 3.8) is 0 Å². The molecule has 31 heavy (non-hydrogen) atoms. The Morgan fingerprint density at radius 2 is 1.87 bits per heavy atom. The van der Waals surface area contributed by atoms with E-state index in [4.69, 9.17) is 16.3 Å². The number of halogens is 1. The molecule has 1 aromatic heterocycles. The van der Waals surface area contributed by atoms with Crippen LogP contribution in [0, 0.1) is 32.1 Å². The van der Waals surface area contributed by atoms with E-state index >= 15 is 0 Å². The number of anilines is 1. The van der Waals surface area contributed by atoms with Gasteiger partial charge >= 0.3 is 0 Å². The molecule has 2 aromatic carbocycles. The number of carbonyl (C=O) groups is 1. The molecule has 0 saturated carbocycles.